The van der Waals surface area contributed by atoms with E-state index in [1.807, 2.05) is 31.2 Å². The molecule has 2 N–H and O–H groups in total. The van der Waals surface area contributed by atoms with Crippen molar-refractivity contribution in [3.63, 3.8) is 0 Å². The molecule has 2 rings (SSSR count). The van der Waals surface area contributed by atoms with Gasteiger partial charge in [-0.2, -0.15) is 0 Å². The summed E-state index contributed by atoms with van der Waals surface area (Å²) in [7, 11) is 0. The molecular weight excluding hydrogens is 246 g/mol. The van der Waals surface area contributed by atoms with Gasteiger partial charge in [0.25, 0.3) is 0 Å². The van der Waals surface area contributed by atoms with Crippen LogP contribution in [0.5, 0.6) is 0 Å². The molecule has 0 aliphatic heterocycles. The van der Waals surface area contributed by atoms with Crippen LogP contribution in [0, 0.1) is 13.8 Å². The van der Waals surface area contributed by atoms with Crippen LogP contribution in [0.3, 0.4) is 0 Å². The van der Waals surface area contributed by atoms with Gasteiger partial charge in [-0.05, 0) is 37.5 Å². The van der Waals surface area contributed by atoms with Crippen molar-refractivity contribution in [1.82, 2.24) is 5.32 Å². The third kappa shape index (κ3) is 3.69. The Morgan fingerprint density at radius 2 is 1.75 bits per heavy atom. The van der Waals surface area contributed by atoms with E-state index in [0.29, 0.717) is 0 Å². The fraction of sp³-hybridized carbons (Fsp3) is 0.333. The summed E-state index contributed by atoms with van der Waals surface area (Å²) < 4.78 is 0. The highest BCUT2D eigenvalue weighted by atomic mass is 16.3. The summed E-state index contributed by atoms with van der Waals surface area (Å²) in [5.74, 6) is 0. The lowest BCUT2D eigenvalue weighted by Crippen LogP contribution is -2.32. The fourth-order valence-electron chi connectivity index (χ4n) is 2.41. The van der Waals surface area contributed by atoms with Gasteiger partial charge in [-0.3, -0.25) is 0 Å². The normalized spacial score (nSPS) is 14.0. The zero-order chi connectivity index (χ0) is 14.5. The predicted molar refractivity (Wildman–Crippen MR) is 83.6 cm³/mol. The first-order chi connectivity index (χ1) is 9.58. The highest BCUT2D eigenvalue weighted by molar-refractivity contribution is 5.32. The summed E-state index contributed by atoms with van der Waals surface area (Å²) in [6, 6.07) is 16.4. The molecule has 2 atom stereocenters. The largest absolute Gasteiger partial charge is 0.387 e. The second-order valence-electron chi connectivity index (χ2n) is 5.46. The molecule has 2 aromatic carbocycles. The Labute approximate surface area is 121 Å². The van der Waals surface area contributed by atoms with Crippen LogP contribution in [0.4, 0.5) is 0 Å². The average Bonchev–Trinajstić information content (AvgIpc) is 2.45. The van der Waals surface area contributed by atoms with E-state index < -0.39 is 6.10 Å². The van der Waals surface area contributed by atoms with Crippen LogP contribution in [0.15, 0.2) is 48.5 Å². The van der Waals surface area contributed by atoms with Gasteiger partial charge in [0.1, 0.15) is 0 Å². The monoisotopic (exact) mass is 269 g/mol. The van der Waals surface area contributed by atoms with Crippen LogP contribution in [0.2, 0.25) is 0 Å². The third-order valence-electron chi connectivity index (χ3n) is 3.69. The number of aryl methyl sites for hydroxylation is 2. The number of nitrogens with one attached hydrogen (secondary N) is 1. The molecule has 20 heavy (non-hydrogen) atoms. The number of hydrogen-bond acceptors (Lipinski definition) is 2. The van der Waals surface area contributed by atoms with Crippen molar-refractivity contribution in [1.29, 1.82) is 0 Å². The maximum Gasteiger partial charge on any atom is 0.0942 e. The first-order valence-electron chi connectivity index (χ1n) is 7.10. The molecule has 2 nitrogen and oxygen atoms in total. The fourth-order valence-corrected chi connectivity index (χ4v) is 2.41. The Balaban J connectivity index is 1.99. The summed E-state index contributed by atoms with van der Waals surface area (Å²) in [4.78, 5) is 0. The van der Waals surface area contributed by atoms with Crippen LogP contribution < -0.4 is 5.32 Å². The van der Waals surface area contributed by atoms with Gasteiger partial charge in [-0.25, -0.2) is 0 Å². The maximum atomic E-state index is 10.5. The smallest absolute Gasteiger partial charge is 0.0942 e. The molecule has 2 unspecified atom stereocenters. The van der Waals surface area contributed by atoms with Crippen LogP contribution >= 0.6 is 0 Å². The van der Waals surface area contributed by atoms with Crippen molar-refractivity contribution in [2.45, 2.75) is 39.5 Å². The van der Waals surface area contributed by atoms with E-state index in [4.69, 9.17) is 0 Å². The molecule has 0 amide bonds. The van der Waals surface area contributed by atoms with Gasteiger partial charge in [0.2, 0.25) is 0 Å². The average molecular weight is 269 g/mol. The zero-order valence-electron chi connectivity index (χ0n) is 12.4. The van der Waals surface area contributed by atoms with Crippen molar-refractivity contribution in [2.24, 2.45) is 0 Å². The van der Waals surface area contributed by atoms with Crippen molar-refractivity contribution in [3.05, 3.63) is 70.8 Å². The molecule has 0 radical (unpaired) electrons. The van der Waals surface area contributed by atoms with Gasteiger partial charge in [-0.15, -0.1) is 0 Å². The van der Waals surface area contributed by atoms with Gasteiger partial charge in [0.15, 0.2) is 0 Å². The van der Waals surface area contributed by atoms with Crippen molar-refractivity contribution < 1.29 is 5.11 Å². The summed E-state index contributed by atoms with van der Waals surface area (Å²) in [6.45, 7) is 6.91. The number of aliphatic hydroxyl groups excluding tert-OH is 1. The Bertz CT molecular complexity index is 551. The van der Waals surface area contributed by atoms with Crippen LogP contribution in [0.25, 0.3) is 0 Å². The highest BCUT2D eigenvalue weighted by Gasteiger charge is 2.17. The molecule has 0 spiro atoms. The molecular formula is C18H23NO. The van der Waals surface area contributed by atoms with Crippen molar-refractivity contribution >= 4 is 0 Å². The summed E-state index contributed by atoms with van der Waals surface area (Å²) in [5, 5.41) is 13.9. The minimum Gasteiger partial charge on any atom is -0.387 e. The molecule has 0 aliphatic rings. The second-order valence-corrected chi connectivity index (χ2v) is 5.46. The molecule has 0 aliphatic carbocycles. The van der Waals surface area contributed by atoms with Gasteiger partial charge >= 0.3 is 0 Å². The maximum absolute atomic E-state index is 10.5. The second kappa shape index (κ2) is 6.69. The van der Waals surface area contributed by atoms with Crippen molar-refractivity contribution in [3.8, 4) is 0 Å². The molecule has 0 heterocycles. The van der Waals surface area contributed by atoms with E-state index in [2.05, 4.69) is 43.4 Å². The lowest BCUT2D eigenvalue weighted by atomic mass is 9.97. The van der Waals surface area contributed by atoms with E-state index in [1.165, 1.54) is 11.1 Å². The van der Waals surface area contributed by atoms with Crippen LogP contribution in [-0.4, -0.2) is 11.1 Å². The summed E-state index contributed by atoms with van der Waals surface area (Å²) >= 11 is 0. The molecule has 0 aromatic heterocycles. The van der Waals surface area contributed by atoms with Crippen LogP contribution in [0.1, 0.15) is 35.3 Å². The first kappa shape index (κ1) is 14.8. The zero-order valence-corrected chi connectivity index (χ0v) is 12.4. The molecule has 0 bridgehead atoms. The SMILES string of the molecule is Cc1ccc(C(O)C(C)NCc2ccccc2)c(C)c1. The molecule has 2 aromatic rings. The van der Waals surface area contributed by atoms with Gasteiger partial charge in [0.05, 0.1) is 6.10 Å². The number of aliphatic hydroxyl groups is 1. The van der Waals surface area contributed by atoms with E-state index in [1.54, 1.807) is 0 Å². The predicted octanol–water partition coefficient (Wildman–Crippen LogP) is 3.52. The Kier molecular flexibility index (Phi) is 4.94. The number of hydrogen-bond donors (Lipinski definition) is 2. The number of benzene rings is 2. The van der Waals surface area contributed by atoms with E-state index in [0.717, 1.165) is 17.7 Å². The minimum absolute atomic E-state index is 0.0108. The molecule has 2 heteroatoms. The molecule has 0 saturated carbocycles. The number of rotatable bonds is 5. The Morgan fingerprint density at radius 3 is 2.40 bits per heavy atom. The highest BCUT2D eigenvalue weighted by Crippen LogP contribution is 2.21. The Hall–Kier alpha value is -1.64. The van der Waals surface area contributed by atoms with Crippen LogP contribution in [-0.2, 0) is 6.54 Å². The molecule has 0 saturated heterocycles. The van der Waals surface area contributed by atoms with Gasteiger partial charge < -0.3 is 10.4 Å². The van der Waals surface area contributed by atoms with Gasteiger partial charge in [-0.1, -0.05) is 54.1 Å². The summed E-state index contributed by atoms with van der Waals surface area (Å²) in [6.07, 6.45) is -0.487. The minimum atomic E-state index is -0.487. The molecule has 0 fully saturated rings. The quantitative estimate of drug-likeness (QED) is 0.870. The van der Waals surface area contributed by atoms with E-state index in [9.17, 15) is 5.11 Å². The topological polar surface area (TPSA) is 32.3 Å². The van der Waals surface area contributed by atoms with Gasteiger partial charge in [0, 0.05) is 12.6 Å². The van der Waals surface area contributed by atoms with Crippen molar-refractivity contribution in [2.75, 3.05) is 0 Å². The van der Waals surface area contributed by atoms with E-state index in [-0.39, 0.29) is 6.04 Å². The summed E-state index contributed by atoms with van der Waals surface area (Å²) in [5.41, 5.74) is 4.60. The standard InChI is InChI=1S/C18H23NO/c1-13-9-10-17(14(2)11-13)18(20)15(3)19-12-16-7-5-4-6-8-16/h4-11,15,18-20H,12H2,1-3H3. The lowest BCUT2D eigenvalue weighted by molar-refractivity contribution is 0.134. The third-order valence-corrected chi connectivity index (χ3v) is 3.69. The molecule has 106 valence electrons. The Morgan fingerprint density at radius 1 is 1.05 bits per heavy atom. The van der Waals surface area contributed by atoms with E-state index >= 15 is 0 Å². The first-order valence-corrected chi connectivity index (χ1v) is 7.10. The lowest BCUT2D eigenvalue weighted by Gasteiger charge is -2.22.